The lowest BCUT2D eigenvalue weighted by molar-refractivity contribution is -0.119. The first-order valence-corrected chi connectivity index (χ1v) is 9.35. The van der Waals surface area contributed by atoms with Crippen molar-refractivity contribution in [2.75, 3.05) is 13.7 Å². The Morgan fingerprint density at radius 3 is 2.78 bits per heavy atom. The van der Waals surface area contributed by atoms with E-state index in [0.29, 0.717) is 22.9 Å². The molecule has 1 aromatic carbocycles. The highest BCUT2D eigenvalue weighted by atomic mass is 32.2. The number of primary amides is 1. The second kappa shape index (κ2) is 7.51. The third kappa shape index (κ3) is 3.73. The van der Waals surface area contributed by atoms with Crippen LogP contribution in [0.4, 0.5) is 5.82 Å². The first-order chi connectivity index (χ1) is 12.8. The van der Waals surface area contributed by atoms with Gasteiger partial charge >= 0.3 is 0 Å². The molecule has 0 saturated heterocycles. The monoisotopic (exact) mass is 390 g/mol. The molecule has 0 radical (unpaired) electrons. The van der Waals surface area contributed by atoms with Gasteiger partial charge in [-0.05, 0) is 38.5 Å². The molecule has 1 aliphatic rings. The standard InChI is InChI=1S/C18H22N4O4S/c1-9(2)22-17-15(18(24)21-22)16(27-10(3)20-17)11-5-6-12(13(7-11)25-4)26-8-14(19)23/h5-7,9,16H,8H2,1-4H3,(H2,19,23)(H,21,24)/t16-/m1/s1. The summed E-state index contributed by atoms with van der Waals surface area (Å²) in [6.45, 7) is 5.67. The molecular formula is C18H22N4O4S. The van der Waals surface area contributed by atoms with Gasteiger partial charge in [-0.15, -0.1) is 0 Å². The van der Waals surface area contributed by atoms with E-state index in [4.69, 9.17) is 15.2 Å². The molecule has 1 aliphatic heterocycles. The number of rotatable bonds is 6. The molecule has 0 unspecified atom stereocenters. The number of amides is 1. The summed E-state index contributed by atoms with van der Waals surface area (Å²) >= 11 is 1.51. The molecule has 0 aliphatic carbocycles. The van der Waals surface area contributed by atoms with Crippen molar-refractivity contribution in [1.29, 1.82) is 0 Å². The number of nitrogens with zero attached hydrogens (tertiary/aromatic N) is 2. The maximum absolute atomic E-state index is 12.6. The minimum atomic E-state index is -0.568. The number of thioether (sulfide) groups is 1. The van der Waals surface area contributed by atoms with Crippen molar-refractivity contribution in [2.24, 2.45) is 10.7 Å². The van der Waals surface area contributed by atoms with E-state index in [-0.39, 0.29) is 23.5 Å². The summed E-state index contributed by atoms with van der Waals surface area (Å²) in [6.07, 6.45) is 0. The zero-order valence-corrected chi connectivity index (χ0v) is 16.4. The molecule has 3 N–H and O–H groups in total. The summed E-state index contributed by atoms with van der Waals surface area (Å²) in [5.41, 5.74) is 6.47. The fourth-order valence-electron chi connectivity index (χ4n) is 2.93. The molecule has 1 atom stereocenters. The highest BCUT2D eigenvalue weighted by molar-refractivity contribution is 8.14. The molecule has 3 rings (SSSR count). The molecule has 1 amide bonds. The third-order valence-electron chi connectivity index (χ3n) is 4.13. The van der Waals surface area contributed by atoms with Crippen molar-refractivity contribution in [3.8, 4) is 11.5 Å². The predicted octanol–water partition coefficient (Wildman–Crippen LogP) is 2.52. The largest absolute Gasteiger partial charge is 0.493 e. The molecule has 8 nitrogen and oxygen atoms in total. The molecule has 0 spiro atoms. The number of methoxy groups -OCH3 is 1. The zero-order valence-electron chi connectivity index (χ0n) is 15.6. The molecule has 0 fully saturated rings. The lowest BCUT2D eigenvalue weighted by Crippen LogP contribution is -2.20. The Labute approximate surface area is 160 Å². The number of carbonyl (C=O) groups is 1. The van der Waals surface area contributed by atoms with Gasteiger partial charge in [0.1, 0.15) is 0 Å². The maximum Gasteiger partial charge on any atom is 0.271 e. The Morgan fingerprint density at radius 1 is 1.41 bits per heavy atom. The number of hydrogen-bond donors (Lipinski definition) is 2. The Morgan fingerprint density at radius 2 is 2.15 bits per heavy atom. The van der Waals surface area contributed by atoms with E-state index in [1.54, 1.807) is 10.7 Å². The van der Waals surface area contributed by atoms with Gasteiger partial charge in [0, 0.05) is 6.04 Å². The van der Waals surface area contributed by atoms with Crippen LogP contribution in [-0.4, -0.2) is 34.4 Å². The first kappa shape index (κ1) is 19.1. The highest BCUT2D eigenvalue weighted by Crippen LogP contribution is 2.45. The molecule has 9 heteroatoms. The minimum absolute atomic E-state index is 0.0841. The van der Waals surface area contributed by atoms with Crippen molar-refractivity contribution < 1.29 is 14.3 Å². The van der Waals surface area contributed by atoms with Crippen LogP contribution in [0.3, 0.4) is 0 Å². The molecule has 1 aromatic heterocycles. The van der Waals surface area contributed by atoms with E-state index >= 15 is 0 Å². The highest BCUT2D eigenvalue weighted by Gasteiger charge is 2.31. The minimum Gasteiger partial charge on any atom is -0.493 e. The lowest BCUT2D eigenvalue weighted by Gasteiger charge is -2.22. The van der Waals surface area contributed by atoms with Crippen LogP contribution >= 0.6 is 11.8 Å². The van der Waals surface area contributed by atoms with Gasteiger partial charge in [-0.1, -0.05) is 17.8 Å². The molecule has 0 saturated carbocycles. The van der Waals surface area contributed by atoms with Crippen LogP contribution in [0.1, 0.15) is 43.2 Å². The maximum atomic E-state index is 12.6. The van der Waals surface area contributed by atoms with Gasteiger partial charge in [-0.25, -0.2) is 4.99 Å². The summed E-state index contributed by atoms with van der Waals surface area (Å²) in [4.78, 5) is 28.1. The van der Waals surface area contributed by atoms with E-state index in [1.807, 2.05) is 32.9 Å². The number of hydrogen-bond acceptors (Lipinski definition) is 6. The van der Waals surface area contributed by atoms with Crippen LogP contribution in [0.15, 0.2) is 28.0 Å². The van der Waals surface area contributed by atoms with Gasteiger partial charge in [-0.2, -0.15) is 0 Å². The summed E-state index contributed by atoms with van der Waals surface area (Å²) in [7, 11) is 1.52. The SMILES string of the molecule is COc1cc([C@H]2SC(C)=Nc3c2c(=O)[nH]n3C(C)C)ccc1OCC(N)=O. The van der Waals surface area contributed by atoms with Gasteiger partial charge in [0.2, 0.25) is 0 Å². The Balaban J connectivity index is 2.04. The number of aliphatic imine (C=N–C) groups is 1. The summed E-state index contributed by atoms with van der Waals surface area (Å²) < 4.78 is 12.6. The number of aromatic nitrogens is 2. The topological polar surface area (TPSA) is 112 Å². The summed E-state index contributed by atoms with van der Waals surface area (Å²) in [5.74, 6) is 0.974. The third-order valence-corrected chi connectivity index (χ3v) is 5.30. The average Bonchev–Trinajstić information content (AvgIpc) is 2.95. The fraction of sp³-hybridized carbons (Fsp3) is 0.389. The van der Waals surface area contributed by atoms with Crippen molar-refractivity contribution in [2.45, 2.75) is 32.1 Å². The second-order valence-corrected chi connectivity index (χ2v) is 7.73. The van der Waals surface area contributed by atoms with E-state index < -0.39 is 5.91 Å². The second-order valence-electron chi connectivity index (χ2n) is 6.44. The van der Waals surface area contributed by atoms with E-state index in [9.17, 15) is 9.59 Å². The fourth-order valence-corrected chi connectivity index (χ4v) is 4.03. The summed E-state index contributed by atoms with van der Waals surface area (Å²) in [6, 6.07) is 5.46. The molecule has 2 aromatic rings. The van der Waals surface area contributed by atoms with Crippen molar-refractivity contribution in [3.63, 3.8) is 0 Å². The van der Waals surface area contributed by atoms with Crippen molar-refractivity contribution >= 4 is 28.5 Å². The Hall–Kier alpha value is -2.68. The van der Waals surface area contributed by atoms with Crippen molar-refractivity contribution in [1.82, 2.24) is 9.78 Å². The number of carbonyl (C=O) groups excluding carboxylic acids is 1. The lowest BCUT2D eigenvalue weighted by atomic mass is 10.1. The van der Waals surface area contributed by atoms with Gasteiger partial charge in [0.15, 0.2) is 23.9 Å². The van der Waals surface area contributed by atoms with Gasteiger partial charge in [0.25, 0.3) is 11.5 Å². The Kier molecular flexibility index (Phi) is 5.31. The number of nitrogens with two attached hydrogens (primary N) is 1. The van der Waals surface area contributed by atoms with Crippen LogP contribution in [-0.2, 0) is 4.79 Å². The number of ether oxygens (including phenoxy) is 2. The van der Waals surface area contributed by atoms with E-state index in [0.717, 1.165) is 10.6 Å². The number of benzene rings is 1. The number of H-pyrrole nitrogens is 1. The first-order valence-electron chi connectivity index (χ1n) is 8.47. The number of nitrogens with one attached hydrogen (secondary N) is 1. The Bertz CT molecular complexity index is 961. The normalized spacial score (nSPS) is 16.0. The van der Waals surface area contributed by atoms with Crippen LogP contribution in [0.25, 0.3) is 0 Å². The summed E-state index contributed by atoms with van der Waals surface area (Å²) in [5, 5.41) is 3.53. The quantitative estimate of drug-likeness (QED) is 0.787. The number of aromatic amines is 1. The van der Waals surface area contributed by atoms with E-state index in [2.05, 4.69) is 10.1 Å². The zero-order chi connectivity index (χ0) is 19.7. The van der Waals surface area contributed by atoms with Crippen LogP contribution in [0.5, 0.6) is 11.5 Å². The van der Waals surface area contributed by atoms with Gasteiger partial charge < -0.3 is 15.2 Å². The van der Waals surface area contributed by atoms with Crippen LogP contribution < -0.4 is 20.8 Å². The smallest absolute Gasteiger partial charge is 0.271 e. The van der Waals surface area contributed by atoms with E-state index in [1.165, 1.54) is 18.9 Å². The molecule has 0 bridgehead atoms. The molecular weight excluding hydrogens is 368 g/mol. The number of fused-ring (bicyclic) bond motifs is 1. The predicted molar refractivity (Wildman–Crippen MR) is 105 cm³/mol. The van der Waals surface area contributed by atoms with Gasteiger partial charge in [-0.3, -0.25) is 19.4 Å². The molecule has 144 valence electrons. The van der Waals surface area contributed by atoms with Gasteiger partial charge in [0.05, 0.1) is 23.0 Å². The van der Waals surface area contributed by atoms with Crippen LogP contribution in [0.2, 0.25) is 0 Å². The molecule has 27 heavy (non-hydrogen) atoms. The van der Waals surface area contributed by atoms with Crippen LogP contribution in [0, 0.1) is 0 Å². The molecule has 2 heterocycles. The van der Waals surface area contributed by atoms with Crippen molar-refractivity contribution in [3.05, 3.63) is 39.7 Å². The average molecular weight is 390 g/mol.